The van der Waals surface area contributed by atoms with Crippen LogP contribution >= 0.6 is 15.9 Å². The van der Waals surface area contributed by atoms with E-state index in [4.69, 9.17) is 4.74 Å². The largest absolute Gasteiger partial charge is 0.444 e. The maximum atomic E-state index is 12.3. The third-order valence-corrected chi connectivity index (χ3v) is 4.51. The Labute approximate surface area is 147 Å². The molecule has 1 saturated heterocycles. The summed E-state index contributed by atoms with van der Waals surface area (Å²) < 4.78 is 6.60. The predicted molar refractivity (Wildman–Crippen MR) is 96.5 cm³/mol. The van der Waals surface area contributed by atoms with Gasteiger partial charge in [-0.3, -0.25) is 0 Å². The summed E-state index contributed by atoms with van der Waals surface area (Å²) in [6, 6.07) is 8.76. The molecule has 1 unspecified atom stereocenters. The van der Waals surface area contributed by atoms with Crippen molar-refractivity contribution in [1.29, 1.82) is 0 Å². The maximum absolute atomic E-state index is 12.3. The molecule has 1 aliphatic rings. The number of carbonyl (C=O) groups excluding carboxylic acids is 1. The summed E-state index contributed by atoms with van der Waals surface area (Å²) >= 11 is 3.51. The quantitative estimate of drug-likeness (QED) is 0.833. The van der Waals surface area contributed by atoms with Gasteiger partial charge in [-0.15, -0.1) is 0 Å². The molecule has 0 bridgehead atoms. The first-order chi connectivity index (χ1) is 10.8. The van der Waals surface area contributed by atoms with Gasteiger partial charge >= 0.3 is 6.09 Å². The van der Waals surface area contributed by atoms with Gasteiger partial charge in [-0.1, -0.05) is 28.1 Å². The summed E-state index contributed by atoms with van der Waals surface area (Å²) in [5, 5.41) is 3.55. The van der Waals surface area contributed by atoms with Crippen LogP contribution in [-0.4, -0.2) is 35.7 Å². The molecule has 23 heavy (non-hydrogen) atoms. The lowest BCUT2D eigenvalue weighted by Gasteiger charge is -2.29. The third-order valence-electron chi connectivity index (χ3n) is 4.01. The Morgan fingerprint density at radius 3 is 2.87 bits per heavy atom. The van der Waals surface area contributed by atoms with Gasteiger partial charge in [-0.2, -0.15) is 0 Å². The lowest BCUT2D eigenvalue weighted by atomic mass is 10.1. The average molecular weight is 383 g/mol. The molecule has 1 aliphatic heterocycles. The molecule has 0 spiro atoms. The lowest BCUT2D eigenvalue weighted by Crippen LogP contribution is -2.44. The topological polar surface area (TPSA) is 41.6 Å². The maximum Gasteiger partial charge on any atom is 0.410 e. The zero-order valence-corrected chi connectivity index (χ0v) is 16.0. The minimum atomic E-state index is -0.443. The minimum absolute atomic E-state index is 0.197. The van der Waals surface area contributed by atoms with E-state index in [-0.39, 0.29) is 18.2 Å². The highest BCUT2D eigenvalue weighted by atomic mass is 79.9. The van der Waals surface area contributed by atoms with Crippen LogP contribution in [0, 0.1) is 0 Å². The second kappa shape index (κ2) is 7.67. The summed E-state index contributed by atoms with van der Waals surface area (Å²) in [5.41, 5.74) is 0.794. The molecule has 0 radical (unpaired) electrons. The molecule has 0 aromatic heterocycles. The van der Waals surface area contributed by atoms with Crippen LogP contribution in [-0.2, 0) is 4.74 Å². The van der Waals surface area contributed by atoms with Crippen LogP contribution in [0.3, 0.4) is 0 Å². The standard InChI is InChI=1S/C18H27BrN2O2/c1-13(14-7-5-8-15(19)11-14)20-12-16-9-6-10-21(16)17(22)23-18(2,3)4/h5,7-8,11,13,16,20H,6,9-10,12H2,1-4H3/t13-,16?/m0/s1. The number of rotatable bonds is 4. The Balaban J connectivity index is 1.90. The molecule has 1 amide bonds. The normalized spacial score (nSPS) is 19.7. The third kappa shape index (κ3) is 5.50. The van der Waals surface area contributed by atoms with Crippen LogP contribution in [0.1, 0.15) is 52.1 Å². The van der Waals surface area contributed by atoms with E-state index in [1.807, 2.05) is 37.8 Å². The highest BCUT2D eigenvalue weighted by Gasteiger charge is 2.32. The molecule has 1 fully saturated rings. The number of hydrogen-bond donors (Lipinski definition) is 1. The zero-order valence-electron chi connectivity index (χ0n) is 14.4. The lowest BCUT2D eigenvalue weighted by molar-refractivity contribution is 0.0225. The number of hydrogen-bond acceptors (Lipinski definition) is 3. The second-order valence-electron chi connectivity index (χ2n) is 7.15. The van der Waals surface area contributed by atoms with E-state index in [0.29, 0.717) is 0 Å². The van der Waals surface area contributed by atoms with Gasteiger partial charge in [-0.25, -0.2) is 4.79 Å². The zero-order chi connectivity index (χ0) is 17.0. The fourth-order valence-corrected chi connectivity index (χ4v) is 3.23. The van der Waals surface area contributed by atoms with E-state index in [9.17, 15) is 4.79 Å². The Kier molecular flexibility index (Phi) is 6.09. The van der Waals surface area contributed by atoms with Gasteiger partial charge in [0.15, 0.2) is 0 Å². The number of benzene rings is 1. The first kappa shape index (κ1) is 18.3. The van der Waals surface area contributed by atoms with E-state index in [1.54, 1.807) is 0 Å². The predicted octanol–water partition coefficient (Wildman–Crippen LogP) is 4.50. The SMILES string of the molecule is C[C@H](NCC1CCCN1C(=O)OC(C)(C)C)c1cccc(Br)c1. The van der Waals surface area contributed by atoms with Gasteiger partial charge in [0.05, 0.1) is 0 Å². The van der Waals surface area contributed by atoms with Crippen LogP contribution < -0.4 is 5.32 Å². The average Bonchev–Trinajstić information content (AvgIpc) is 2.91. The van der Waals surface area contributed by atoms with Crippen LogP contribution in [0.15, 0.2) is 28.7 Å². The monoisotopic (exact) mass is 382 g/mol. The molecular weight excluding hydrogens is 356 g/mol. The van der Waals surface area contributed by atoms with Crippen LogP contribution in [0.4, 0.5) is 4.79 Å². The smallest absolute Gasteiger partial charge is 0.410 e. The molecule has 0 aliphatic carbocycles. The summed E-state index contributed by atoms with van der Waals surface area (Å²) in [7, 11) is 0. The summed E-state index contributed by atoms with van der Waals surface area (Å²) in [6.07, 6.45) is 1.87. The molecule has 1 aromatic carbocycles. The Bertz CT molecular complexity index is 542. The molecule has 1 heterocycles. The van der Waals surface area contributed by atoms with Crippen molar-refractivity contribution in [1.82, 2.24) is 10.2 Å². The number of nitrogens with one attached hydrogen (secondary N) is 1. The van der Waals surface area contributed by atoms with Crippen molar-refractivity contribution in [2.24, 2.45) is 0 Å². The number of nitrogens with zero attached hydrogens (tertiary/aromatic N) is 1. The molecule has 2 rings (SSSR count). The number of amides is 1. The first-order valence-electron chi connectivity index (χ1n) is 8.25. The van der Waals surface area contributed by atoms with Crippen molar-refractivity contribution in [2.45, 2.75) is 58.2 Å². The molecule has 5 heteroatoms. The van der Waals surface area contributed by atoms with Crippen molar-refractivity contribution < 1.29 is 9.53 Å². The highest BCUT2D eigenvalue weighted by molar-refractivity contribution is 9.10. The Hall–Kier alpha value is -1.07. The van der Waals surface area contributed by atoms with Crippen molar-refractivity contribution in [3.05, 3.63) is 34.3 Å². The van der Waals surface area contributed by atoms with E-state index in [2.05, 4.69) is 40.3 Å². The van der Waals surface area contributed by atoms with Gasteiger partial charge in [0.1, 0.15) is 5.60 Å². The van der Waals surface area contributed by atoms with Gasteiger partial charge in [0.25, 0.3) is 0 Å². The molecule has 0 saturated carbocycles. The number of carbonyl (C=O) groups is 1. The summed E-state index contributed by atoms with van der Waals surface area (Å²) in [4.78, 5) is 14.2. The van der Waals surface area contributed by atoms with Gasteiger partial charge in [0.2, 0.25) is 0 Å². The van der Waals surface area contributed by atoms with Gasteiger partial charge < -0.3 is 15.0 Å². The molecule has 4 nitrogen and oxygen atoms in total. The Morgan fingerprint density at radius 2 is 2.22 bits per heavy atom. The molecule has 1 N–H and O–H groups in total. The number of halogens is 1. The van der Waals surface area contributed by atoms with E-state index < -0.39 is 5.60 Å². The van der Waals surface area contributed by atoms with Crippen molar-refractivity contribution in [2.75, 3.05) is 13.1 Å². The van der Waals surface area contributed by atoms with E-state index >= 15 is 0 Å². The molecular formula is C18H27BrN2O2. The summed E-state index contributed by atoms with van der Waals surface area (Å²) in [6.45, 7) is 9.44. The highest BCUT2D eigenvalue weighted by Crippen LogP contribution is 2.22. The van der Waals surface area contributed by atoms with Crippen molar-refractivity contribution in [3.8, 4) is 0 Å². The van der Waals surface area contributed by atoms with Crippen LogP contribution in [0.2, 0.25) is 0 Å². The van der Waals surface area contributed by atoms with Gasteiger partial charge in [-0.05, 0) is 58.2 Å². The van der Waals surface area contributed by atoms with E-state index in [0.717, 1.165) is 30.4 Å². The number of likely N-dealkylation sites (tertiary alicyclic amines) is 1. The van der Waals surface area contributed by atoms with Crippen molar-refractivity contribution >= 4 is 22.0 Å². The first-order valence-corrected chi connectivity index (χ1v) is 9.04. The molecule has 2 atom stereocenters. The molecule has 128 valence electrons. The minimum Gasteiger partial charge on any atom is -0.444 e. The Morgan fingerprint density at radius 1 is 1.48 bits per heavy atom. The van der Waals surface area contributed by atoms with Gasteiger partial charge in [0, 0.05) is 29.6 Å². The number of ether oxygens (including phenoxy) is 1. The van der Waals surface area contributed by atoms with Crippen molar-refractivity contribution in [3.63, 3.8) is 0 Å². The fourth-order valence-electron chi connectivity index (χ4n) is 2.82. The fraction of sp³-hybridized carbons (Fsp3) is 0.611. The van der Waals surface area contributed by atoms with Crippen LogP contribution in [0.25, 0.3) is 0 Å². The summed E-state index contributed by atoms with van der Waals surface area (Å²) in [5.74, 6) is 0. The molecule has 1 aromatic rings. The van der Waals surface area contributed by atoms with E-state index in [1.165, 1.54) is 5.56 Å². The van der Waals surface area contributed by atoms with Crippen LogP contribution in [0.5, 0.6) is 0 Å². The second-order valence-corrected chi connectivity index (χ2v) is 8.07.